The number of Topliss-reactive ketones (excluding diaryl/α,β-unsaturated/α-hetero) is 5. The van der Waals surface area contributed by atoms with Crippen LogP contribution in [0.25, 0.3) is 0 Å². The molecule has 0 bridgehead atoms. The van der Waals surface area contributed by atoms with Crippen molar-refractivity contribution in [2.45, 2.75) is 75.4 Å². The second-order valence-electron chi connectivity index (χ2n) is 26.8. The summed E-state index contributed by atoms with van der Waals surface area (Å²) in [5.74, 6) is -18.1. The van der Waals surface area contributed by atoms with Crippen molar-refractivity contribution in [3.63, 3.8) is 0 Å². The van der Waals surface area contributed by atoms with Crippen LogP contribution in [0.2, 0.25) is 25.1 Å². The molecule has 10 aromatic carbocycles. The molecule has 0 aliphatic rings. The number of ketones is 5. The van der Waals surface area contributed by atoms with E-state index in [9.17, 15) is 98.3 Å². The predicted octanol–water partition coefficient (Wildman–Crippen LogP) is 12.0. The van der Waals surface area contributed by atoms with Gasteiger partial charge in [-0.25, -0.2) is 13.2 Å². The van der Waals surface area contributed by atoms with Gasteiger partial charge in [-0.3, -0.25) is 71.9 Å². The summed E-state index contributed by atoms with van der Waals surface area (Å²) in [6, 6.07) is 53.0. The van der Waals surface area contributed by atoms with Gasteiger partial charge in [-0.05, 0) is 107 Å². The van der Waals surface area contributed by atoms with Crippen LogP contribution in [0.3, 0.4) is 0 Å². The Balaban J connectivity index is 0.000000245. The van der Waals surface area contributed by atoms with E-state index in [0.29, 0.717) is 43.5 Å². The van der Waals surface area contributed by atoms with E-state index in [1.165, 1.54) is 32.2 Å². The number of carbonyl (C=O) groups excluding carboxylic acids is 15. The zero-order chi connectivity index (χ0) is 94.3. The predicted molar refractivity (Wildman–Crippen MR) is 467 cm³/mol. The van der Waals surface area contributed by atoms with Crippen molar-refractivity contribution in [2.75, 3.05) is 7.11 Å². The standard InChI is InChI=1S/C18H17BrN2O4.C18H13ClF4N2O3.C18H16ClFN2O3.C17H14BrClN2O3.C17H13Cl2FN2O3/c1-25-15-8-7-12(19)10-13(15)18(24)21-14(16(22)17(20)23)9-11-5-3-2-4-6-11;19-11-7-6-10(18(21,22)23)13(14(11)20)17(28)25-12(15(26)16(24)27)8-9-4-2-1-3-5-9;1-10-7-8-12(19)14(15(10)20)18(25)22-13(16(23)17(21)24)9-11-5-3-2-4-6-11;18-11-6-7-13(19)12(9-11)17(24)21-14(15(22)16(20)23)8-10-4-2-1-3-5-10;18-11-8-12(19)13(20)7-10(11)17(25)22-14(15(23)16(21)24)6-9-4-2-1-3-5-9/h2-8,10,14H,9H2,1H3,(H2,20,23)(H,21,24);1-7,12H,8H2,(H2,24,27)(H,25,28);2-8,13H,9H2,1H3,(H2,21,24)(H,22,25);1-7,9,14H,8H2,(H2,20,23)(H,21,24);1-5,7-8,14H,6H2,(H2,21,24)(H,22,25)/t14-;12-;13-;2*14-/m00000/s1. The highest BCUT2D eigenvalue weighted by molar-refractivity contribution is 9.10. The summed E-state index contributed by atoms with van der Waals surface area (Å²) in [6.45, 7) is 1.48. The molecule has 0 aliphatic heterocycles. The molecule has 0 spiro atoms. The fourth-order valence-corrected chi connectivity index (χ4v) is 13.2. The van der Waals surface area contributed by atoms with Crippen LogP contribution in [0, 0.1) is 24.4 Å². The zero-order valence-electron chi connectivity index (χ0n) is 66.1. The van der Waals surface area contributed by atoms with E-state index < -0.39 is 158 Å². The van der Waals surface area contributed by atoms with E-state index in [0.717, 1.165) is 23.3 Å². The first-order valence-electron chi connectivity index (χ1n) is 36.8. The summed E-state index contributed by atoms with van der Waals surface area (Å²) < 4.78 is 88.0. The maximum Gasteiger partial charge on any atom is 0.417 e. The third-order valence-corrected chi connectivity index (χ3v) is 20.2. The number of alkyl halides is 3. The van der Waals surface area contributed by atoms with Crippen LogP contribution in [0.1, 0.15) is 90.7 Å². The molecular weight excluding hydrogens is 1900 g/mol. The highest BCUT2D eigenvalue weighted by Crippen LogP contribution is 2.36. The molecule has 39 heteroatoms. The fourth-order valence-electron chi connectivity index (χ4n) is 11.4. The normalized spacial score (nSPS) is 11.7. The van der Waals surface area contributed by atoms with Gasteiger partial charge in [-0.2, -0.15) is 13.2 Å². The lowest BCUT2D eigenvalue weighted by molar-refractivity contribution is -0.138. The molecule has 10 rings (SSSR count). The molecule has 5 atom stereocenters. The lowest BCUT2D eigenvalue weighted by Crippen LogP contribution is -2.47. The number of aryl methyl sites for hydroxylation is 1. The van der Waals surface area contributed by atoms with Crippen LogP contribution < -0.4 is 60.0 Å². The number of benzene rings is 10. The van der Waals surface area contributed by atoms with Crippen molar-refractivity contribution >= 4 is 178 Å². The van der Waals surface area contributed by atoms with Crippen molar-refractivity contribution in [3.8, 4) is 5.75 Å². The van der Waals surface area contributed by atoms with E-state index in [4.69, 9.17) is 91.4 Å². The Labute approximate surface area is 761 Å². The lowest BCUT2D eigenvalue weighted by Gasteiger charge is -2.19. The number of rotatable bonds is 31. The van der Waals surface area contributed by atoms with Gasteiger partial charge in [-0.1, -0.05) is 248 Å². The summed E-state index contributed by atoms with van der Waals surface area (Å²) in [5, 5.41) is 10.9. The van der Waals surface area contributed by atoms with E-state index in [2.05, 4.69) is 53.1 Å². The Morgan fingerprint density at radius 2 is 0.630 bits per heavy atom. The van der Waals surface area contributed by atoms with Gasteiger partial charge in [0.25, 0.3) is 59.1 Å². The molecule has 10 aromatic rings. The van der Waals surface area contributed by atoms with Crippen LogP contribution in [0.15, 0.2) is 233 Å². The summed E-state index contributed by atoms with van der Waals surface area (Å²) in [4.78, 5) is 179. The third-order valence-electron chi connectivity index (χ3n) is 17.7. The van der Waals surface area contributed by atoms with Crippen LogP contribution in [0.4, 0.5) is 26.3 Å². The number of ether oxygens (including phenoxy) is 1. The quantitative estimate of drug-likeness (QED) is 0.0110. The highest BCUT2D eigenvalue weighted by Gasteiger charge is 2.40. The fraction of sp³-hybridized carbons (Fsp3) is 0.148. The van der Waals surface area contributed by atoms with E-state index in [1.807, 2.05) is 17.4 Å². The zero-order valence-corrected chi connectivity index (χ0v) is 73.1. The van der Waals surface area contributed by atoms with Crippen LogP contribution in [-0.4, -0.2) is 125 Å². The Kier molecular flexibility index (Phi) is 39.7. The van der Waals surface area contributed by atoms with Crippen molar-refractivity contribution in [3.05, 3.63) is 343 Å². The second kappa shape index (κ2) is 49.1. The minimum absolute atomic E-state index is 0.0411. The number of nitrogens with two attached hydrogens (primary N) is 5. The first kappa shape index (κ1) is 103. The maximum absolute atomic E-state index is 14.2. The monoisotopic (exact) mass is 1970 g/mol. The average Bonchev–Trinajstić information content (AvgIpc) is 0.783. The van der Waals surface area contributed by atoms with Gasteiger partial charge in [0.2, 0.25) is 28.9 Å². The van der Waals surface area contributed by atoms with Crippen LogP contribution in [0.5, 0.6) is 5.75 Å². The van der Waals surface area contributed by atoms with Gasteiger partial charge >= 0.3 is 6.18 Å². The number of hydrogen-bond acceptors (Lipinski definition) is 16. The van der Waals surface area contributed by atoms with Gasteiger partial charge in [0.15, 0.2) is 5.82 Å². The average molecular weight is 1980 g/mol. The van der Waals surface area contributed by atoms with E-state index >= 15 is 0 Å². The minimum atomic E-state index is -5.05. The smallest absolute Gasteiger partial charge is 0.417 e. The molecule has 0 saturated heterocycles. The minimum Gasteiger partial charge on any atom is -0.496 e. The van der Waals surface area contributed by atoms with Gasteiger partial charge in [0.05, 0.1) is 65.6 Å². The summed E-state index contributed by atoms with van der Waals surface area (Å²) in [6.07, 6.45) is -4.90. The Morgan fingerprint density at radius 1 is 0.339 bits per heavy atom. The maximum atomic E-state index is 14.2. The number of primary amides is 5. The molecular formula is C88H73Br2Cl5F6N10O16. The number of methoxy groups -OCH3 is 1. The second-order valence-corrected chi connectivity index (χ2v) is 30.6. The number of carbonyl (C=O) groups is 15. The molecule has 0 radical (unpaired) electrons. The molecule has 127 heavy (non-hydrogen) atoms. The first-order chi connectivity index (χ1) is 59.9. The molecule has 662 valence electrons. The molecule has 26 nitrogen and oxygen atoms in total. The summed E-state index contributed by atoms with van der Waals surface area (Å²) >= 11 is 35.4. The Morgan fingerprint density at radius 3 is 0.961 bits per heavy atom. The highest BCUT2D eigenvalue weighted by atomic mass is 79.9. The molecule has 0 aliphatic carbocycles. The van der Waals surface area contributed by atoms with Crippen molar-refractivity contribution < 1.29 is 103 Å². The molecule has 15 N–H and O–H groups in total. The van der Waals surface area contributed by atoms with E-state index in [-0.39, 0.29) is 80.0 Å². The molecule has 0 fully saturated rings. The van der Waals surface area contributed by atoms with Crippen LogP contribution in [-0.2, 0) is 86.2 Å². The number of hydrogen-bond donors (Lipinski definition) is 10. The van der Waals surface area contributed by atoms with Crippen LogP contribution >= 0.6 is 89.9 Å². The van der Waals surface area contributed by atoms with E-state index in [1.54, 1.807) is 170 Å². The topological polar surface area (TPSA) is 456 Å². The summed E-state index contributed by atoms with van der Waals surface area (Å²) in [5.41, 5.74) is 25.8. The molecule has 0 unspecified atom stereocenters. The Hall–Kier alpha value is -13.0. The van der Waals surface area contributed by atoms with Crippen molar-refractivity contribution in [1.29, 1.82) is 0 Å². The third kappa shape index (κ3) is 31.3. The molecule has 10 amide bonds. The summed E-state index contributed by atoms with van der Waals surface area (Å²) in [7, 11) is 1.44. The molecule has 0 heterocycles. The largest absolute Gasteiger partial charge is 0.496 e. The van der Waals surface area contributed by atoms with Gasteiger partial charge < -0.3 is 60.0 Å². The van der Waals surface area contributed by atoms with Gasteiger partial charge in [0, 0.05) is 41.0 Å². The first-order valence-corrected chi connectivity index (χ1v) is 40.3. The SMILES string of the molecule is COc1ccc(Br)cc1C(=O)N[C@@H](Cc1ccccc1)C(=O)C(N)=O.Cc1ccc(Cl)c(C(=O)N[C@@H](Cc2ccccc2)C(=O)C(N)=O)c1F.NC(=O)C(=O)[C@H](Cc1ccccc1)NC(=O)c1c(C(F)(F)F)ccc(Cl)c1F.NC(=O)C(=O)[C@H](Cc1ccccc1)NC(=O)c1cc(Br)ccc1Cl.NC(=O)C(=O)[C@H](Cc1ccccc1)NC(=O)c1cc(F)c(Cl)cc1Cl. The number of nitrogens with one attached hydrogen (secondary N) is 5. The lowest BCUT2D eigenvalue weighted by atomic mass is 10.00. The number of halogens is 13. The Bertz CT molecular complexity index is 5770. The molecule has 0 aromatic heterocycles. The number of amides is 10. The van der Waals surface area contributed by atoms with Gasteiger partial charge in [-0.15, -0.1) is 0 Å². The molecule has 0 saturated carbocycles. The van der Waals surface area contributed by atoms with Crippen molar-refractivity contribution in [2.24, 2.45) is 28.7 Å². The van der Waals surface area contributed by atoms with Gasteiger partial charge in [0.1, 0.15) is 47.6 Å². The van der Waals surface area contributed by atoms with Crippen molar-refractivity contribution in [1.82, 2.24) is 26.6 Å².